The van der Waals surface area contributed by atoms with Crippen molar-refractivity contribution in [2.75, 3.05) is 6.26 Å². The summed E-state index contributed by atoms with van der Waals surface area (Å²) in [5, 5.41) is 14.1. The van der Waals surface area contributed by atoms with E-state index in [2.05, 4.69) is 0 Å². The molecular weight excluding hydrogens is 360 g/mol. The molecule has 1 N–H and O–H groups in total. The summed E-state index contributed by atoms with van der Waals surface area (Å²) in [6.45, 7) is -0.0607. The zero-order valence-electron chi connectivity index (χ0n) is 14.7. The second kappa shape index (κ2) is 6.64. The van der Waals surface area contributed by atoms with Crippen LogP contribution in [0.2, 0.25) is 0 Å². The lowest BCUT2D eigenvalue weighted by molar-refractivity contribution is 0.281. The molecule has 0 atom stereocenters. The highest BCUT2D eigenvalue weighted by molar-refractivity contribution is 7.90. The average molecular weight is 378 g/mol. The number of sulfone groups is 1. The van der Waals surface area contributed by atoms with Gasteiger partial charge < -0.3 is 5.11 Å². The lowest BCUT2D eigenvalue weighted by Crippen LogP contribution is -1.96. The van der Waals surface area contributed by atoms with Crippen LogP contribution < -0.4 is 0 Å². The number of fused-ring (bicyclic) bond motifs is 1. The summed E-state index contributed by atoms with van der Waals surface area (Å²) in [5.74, 6) is 0. The molecule has 0 radical (unpaired) electrons. The molecule has 0 aliphatic heterocycles. The Balaban J connectivity index is 1.97. The number of hydrogen-bond donors (Lipinski definition) is 1. The second-order valence-corrected chi connectivity index (χ2v) is 8.43. The molecule has 0 saturated heterocycles. The fourth-order valence-electron chi connectivity index (χ4n) is 3.14. The molecule has 2 heterocycles. The maximum atomic E-state index is 11.8. The van der Waals surface area contributed by atoms with Crippen molar-refractivity contribution in [2.24, 2.45) is 0 Å². The van der Waals surface area contributed by atoms with Crippen molar-refractivity contribution >= 4 is 15.4 Å². The van der Waals surface area contributed by atoms with Crippen LogP contribution in [0.1, 0.15) is 5.56 Å². The van der Waals surface area contributed by atoms with Crippen molar-refractivity contribution in [3.8, 4) is 22.4 Å². The van der Waals surface area contributed by atoms with Crippen LogP contribution in [0.15, 0.2) is 77.8 Å². The fraction of sp³-hybridized carbons (Fsp3) is 0.0952. The molecule has 4 rings (SSSR count). The number of nitrogens with zero attached hydrogens (tertiary/aromatic N) is 2. The monoisotopic (exact) mass is 378 g/mol. The quantitative estimate of drug-likeness (QED) is 0.589. The van der Waals surface area contributed by atoms with E-state index in [0.717, 1.165) is 33.5 Å². The average Bonchev–Trinajstić information content (AvgIpc) is 3.06. The van der Waals surface area contributed by atoms with Gasteiger partial charge in [-0.15, -0.1) is 0 Å². The first kappa shape index (κ1) is 17.5. The number of aliphatic hydroxyl groups is 1. The first-order valence-corrected chi connectivity index (χ1v) is 10.3. The van der Waals surface area contributed by atoms with Gasteiger partial charge >= 0.3 is 0 Å². The Bertz CT molecular complexity index is 1210. The van der Waals surface area contributed by atoms with Crippen molar-refractivity contribution < 1.29 is 13.5 Å². The molecule has 0 amide bonds. The van der Waals surface area contributed by atoms with Gasteiger partial charge in [-0.3, -0.25) is 0 Å². The van der Waals surface area contributed by atoms with E-state index in [0.29, 0.717) is 0 Å². The number of benzene rings is 2. The molecule has 27 heavy (non-hydrogen) atoms. The highest BCUT2D eigenvalue weighted by atomic mass is 32.2. The van der Waals surface area contributed by atoms with Crippen molar-refractivity contribution in [1.82, 2.24) is 9.61 Å². The first-order valence-electron chi connectivity index (χ1n) is 8.45. The molecule has 0 fully saturated rings. The normalized spacial score (nSPS) is 11.8. The fourth-order valence-corrected chi connectivity index (χ4v) is 3.77. The van der Waals surface area contributed by atoms with E-state index in [9.17, 15) is 13.5 Å². The lowest BCUT2D eigenvalue weighted by Gasteiger charge is -2.06. The molecule has 136 valence electrons. The minimum atomic E-state index is -3.25. The van der Waals surface area contributed by atoms with Crippen molar-refractivity contribution in [2.45, 2.75) is 11.5 Å². The van der Waals surface area contributed by atoms with E-state index in [-0.39, 0.29) is 11.5 Å². The molecule has 0 aliphatic carbocycles. The molecule has 0 saturated carbocycles. The number of rotatable bonds is 4. The van der Waals surface area contributed by atoms with E-state index >= 15 is 0 Å². The zero-order chi connectivity index (χ0) is 19.0. The molecule has 0 spiro atoms. The van der Waals surface area contributed by atoms with Crippen LogP contribution in [-0.2, 0) is 16.4 Å². The Morgan fingerprint density at radius 1 is 0.926 bits per heavy atom. The van der Waals surface area contributed by atoms with Crippen molar-refractivity contribution in [3.63, 3.8) is 0 Å². The van der Waals surface area contributed by atoms with Crippen molar-refractivity contribution in [1.29, 1.82) is 0 Å². The van der Waals surface area contributed by atoms with Gasteiger partial charge in [0.1, 0.15) is 5.69 Å². The third-order valence-electron chi connectivity index (χ3n) is 4.49. The van der Waals surface area contributed by atoms with Crippen LogP contribution in [0.4, 0.5) is 0 Å². The van der Waals surface area contributed by atoms with E-state index in [4.69, 9.17) is 5.10 Å². The Kier molecular flexibility index (Phi) is 4.30. The summed E-state index contributed by atoms with van der Waals surface area (Å²) in [5.41, 5.74) is 5.23. The minimum absolute atomic E-state index is 0.0607. The molecule has 0 aliphatic rings. The van der Waals surface area contributed by atoms with Gasteiger partial charge in [0.2, 0.25) is 0 Å². The van der Waals surface area contributed by atoms with Gasteiger partial charge in [-0.2, -0.15) is 5.10 Å². The molecule has 4 aromatic rings. The van der Waals surface area contributed by atoms with Gasteiger partial charge in [-0.25, -0.2) is 12.9 Å². The van der Waals surface area contributed by atoms with Gasteiger partial charge in [0.05, 0.1) is 17.0 Å². The Morgan fingerprint density at radius 3 is 2.26 bits per heavy atom. The smallest absolute Gasteiger partial charge is 0.175 e. The highest BCUT2D eigenvalue weighted by Crippen LogP contribution is 2.35. The van der Waals surface area contributed by atoms with Gasteiger partial charge in [-0.1, -0.05) is 48.5 Å². The first-order chi connectivity index (χ1) is 13.0. The minimum Gasteiger partial charge on any atom is -0.392 e. The van der Waals surface area contributed by atoms with Gasteiger partial charge in [0.15, 0.2) is 9.84 Å². The number of aromatic nitrogens is 2. The van der Waals surface area contributed by atoms with Crippen LogP contribution in [0.5, 0.6) is 0 Å². The van der Waals surface area contributed by atoms with Crippen LogP contribution in [0, 0.1) is 0 Å². The molecule has 6 heteroatoms. The topological polar surface area (TPSA) is 71.7 Å². The molecule has 2 aromatic carbocycles. The summed E-state index contributed by atoms with van der Waals surface area (Å²) in [7, 11) is -3.25. The van der Waals surface area contributed by atoms with Crippen LogP contribution in [0.25, 0.3) is 27.9 Å². The van der Waals surface area contributed by atoms with Crippen molar-refractivity contribution in [3.05, 3.63) is 78.5 Å². The van der Waals surface area contributed by atoms with E-state index < -0.39 is 9.84 Å². The van der Waals surface area contributed by atoms with Crippen LogP contribution >= 0.6 is 0 Å². The summed E-state index contributed by atoms with van der Waals surface area (Å²) >= 11 is 0. The van der Waals surface area contributed by atoms with E-state index in [1.54, 1.807) is 35.0 Å². The highest BCUT2D eigenvalue weighted by Gasteiger charge is 2.17. The van der Waals surface area contributed by atoms with Gasteiger partial charge in [-0.05, 0) is 29.3 Å². The van der Waals surface area contributed by atoms with E-state index in [1.165, 1.54) is 6.26 Å². The maximum Gasteiger partial charge on any atom is 0.175 e. The van der Waals surface area contributed by atoms with E-state index in [1.807, 2.05) is 42.5 Å². The largest absolute Gasteiger partial charge is 0.392 e. The molecule has 2 aromatic heterocycles. The molecule has 5 nitrogen and oxygen atoms in total. The molecule has 0 bridgehead atoms. The Hall–Kier alpha value is -2.96. The summed E-state index contributed by atoms with van der Waals surface area (Å²) < 4.78 is 25.3. The predicted octanol–water partition coefficient (Wildman–Crippen LogP) is 3.56. The number of hydrogen-bond acceptors (Lipinski definition) is 4. The SMILES string of the molecule is CS(=O)(=O)c1ccc(-c2c(-c3ccccc3)nn3cc(CO)ccc23)cc1. The van der Waals surface area contributed by atoms with Gasteiger partial charge in [0.25, 0.3) is 0 Å². The third-order valence-corrected chi connectivity index (χ3v) is 5.62. The summed E-state index contributed by atoms with van der Waals surface area (Å²) in [4.78, 5) is 0.284. The summed E-state index contributed by atoms with van der Waals surface area (Å²) in [6, 6.07) is 20.5. The van der Waals surface area contributed by atoms with Crippen LogP contribution in [0.3, 0.4) is 0 Å². The number of aliphatic hydroxyl groups excluding tert-OH is 1. The Labute approximate surface area is 157 Å². The second-order valence-electron chi connectivity index (χ2n) is 6.41. The lowest BCUT2D eigenvalue weighted by atomic mass is 10.00. The molecular formula is C21H18N2O3S. The predicted molar refractivity (Wildman–Crippen MR) is 105 cm³/mol. The van der Waals surface area contributed by atoms with Gasteiger partial charge in [0, 0.05) is 23.6 Å². The standard InChI is InChI=1S/C21H18N2O3S/c1-27(25,26)18-10-8-16(9-11-18)20-19-12-7-15(14-24)13-23(19)22-21(20)17-5-3-2-4-6-17/h2-13,24H,14H2,1H3. The number of pyridine rings is 1. The Morgan fingerprint density at radius 2 is 1.63 bits per heavy atom. The zero-order valence-corrected chi connectivity index (χ0v) is 15.5. The maximum absolute atomic E-state index is 11.8. The third kappa shape index (κ3) is 3.25. The summed E-state index contributed by atoms with van der Waals surface area (Å²) in [6.07, 6.45) is 3.00. The van der Waals surface area contributed by atoms with Crippen LogP contribution in [-0.4, -0.2) is 29.4 Å². The molecule has 0 unspecified atom stereocenters.